The summed E-state index contributed by atoms with van der Waals surface area (Å²) in [5.41, 5.74) is 7.10. The molecule has 23 heavy (non-hydrogen) atoms. The number of nitrogens with two attached hydrogens (primary N) is 1. The average Bonchev–Trinajstić information content (AvgIpc) is 2.96. The van der Waals surface area contributed by atoms with Gasteiger partial charge in [-0.15, -0.1) is 24.8 Å². The molecule has 2 rings (SSSR count). The fraction of sp³-hybridized carbons (Fsp3) is 0.375. The van der Waals surface area contributed by atoms with E-state index in [2.05, 4.69) is 4.98 Å². The minimum Gasteiger partial charge on any atom is -0.340 e. The SMILES string of the molecule is CN(CC(C)(C)CN)C(=O)c1cncn1-c1ccccc1.Cl.Cl. The van der Waals surface area contributed by atoms with Gasteiger partial charge in [0.25, 0.3) is 5.91 Å². The number of carbonyl (C=O) groups excluding carboxylic acids is 1. The van der Waals surface area contributed by atoms with Gasteiger partial charge >= 0.3 is 0 Å². The van der Waals surface area contributed by atoms with Crippen LogP contribution in [-0.2, 0) is 0 Å². The molecule has 0 spiro atoms. The fourth-order valence-electron chi connectivity index (χ4n) is 2.22. The molecule has 0 aliphatic rings. The van der Waals surface area contributed by atoms with Crippen molar-refractivity contribution in [2.24, 2.45) is 11.1 Å². The number of aromatic nitrogens is 2. The van der Waals surface area contributed by atoms with Crippen molar-refractivity contribution < 1.29 is 4.79 Å². The van der Waals surface area contributed by atoms with Crippen LogP contribution in [0.4, 0.5) is 0 Å². The first-order chi connectivity index (χ1) is 9.94. The lowest BCUT2D eigenvalue weighted by molar-refractivity contribution is 0.0732. The molecule has 0 radical (unpaired) electrons. The Morgan fingerprint density at radius 3 is 2.43 bits per heavy atom. The van der Waals surface area contributed by atoms with Gasteiger partial charge in [-0.2, -0.15) is 0 Å². The molecule has 128 valence electrons. The lowest BCUT2D eigenvalue weighted by Crippen LogP contribution is -2.40. The third-order valence-electron chi connectivity index (χ3n) is 3.46. The number of hydrogen-bond acceptors (Lipinski definition) is 3. The third-order valence-corrected chi connectivity index (χ3v) is 3.46. The van der Waals surface area contributed by atoms with Gasteiger partial charge in [0.15, 0.2) is 0 Å². The normalized spacial score (nSPS) is 10.4. The molecular formula is C16H24Cl2N4O. The Bertz CT molecular complexity index is 614. The number of imidazole rings is 1. The Morgan fingerprint density at radius 1 is 1.26 bits per heavy atom. The molecule has 5 nitrogen and oxygen atoms in total. The van der Waals surface area contributed by atoms with Crippen LogP contribution in [0.5, 0.6) is 0 Å². The van der Waals surface area contributed by atoms with E-state index in [4.69, 9.17) is 5.73 Å². The average molecular weight is 359 g/mol. The summed E-state index contributed by atoms with van der Waals surface area (Å²) in [6, 6.07) is 9.71. The standard InChI is InChI=1S/C16H22N4O.2ClH/c1-16(2,10-17)11-19(3)15(21)14-9-18-12-20(14)13-7-5-4-6-8-13;;/h4-9,12H,10-11,17H2,1-3H3;2*1H. The van der Waals surface area contributed by atoms with Crippen LogP contribution in [0, 0.1) is 5.41 Å². The summed E-state index contributed by atoms with van der Waals surface area (Å²) in [5.74, 6) is -0.0575. The third kappa shape index (κ3) is 5.23. The van der Waals surface area contributed by atoms with E-state index in [0.29, 0.717) is 18.8 Å². The van der Waals surface area contributed by atoms with E-state index in [0.717, 1.165) is 5.69 Å². The molecule has 2 N–H and O–H groups in total. The number of benzene rings is 1. The highest BCUT2D eigenvalue weighted by Crippen LogP contribution is 2.17. The van der Waals surface area contributed by atoms with Gasteiger partial charge in [-0.3, -0.25) is 9.36 Å². The van der Waals surface area contributed by atoms with Crippen LogP contribution in [0.1, 0.15) is 24.3 Å². The van der Waals surface area contributed by atoms with Gasteiger partial charge in [-0.25, -0.2) is 4.98 Å². The molecule has 0 aliphatic carbocycles. The highest BCUT2D eigenvalue weighted by atomic mass is 35.5. The summed E-state index contributed by atoms with van der Waals surface area (Å²) >= 11 is 0. The number of hydrogen-bond donors (Lipinski definition) is 1. The van der Waals surface area contributed by atoms with Crippen molar-refractivity contribution in [2.45, 2.75) is 13.8 Å². The molecule has 1 amide bonds. The van der Waals surface area contributed by atoms with Crippen molar-refractivity contribution in [1.29, 1.82) is 0 Å². The van der Waals surface area contributed by atoms with Gasteiger partial charge in [0.1, 0.15) is 5.69 Å². The van der Waals surface area contributed by atoms with E-state index >= 15 is 0 Å². The summed E-state index contributed by atoms with van der Waals surface area (Å²) in [4.78, 5) is 18.4. The van der Waals surface area contributed by atoms with Crippen LogP contribution >= 0.6 is 24.8 Å². The first kappa shape index (κ1) is 21.4. The Balaban J connectivity index is 0.00000242. The monoisotopic (exact) mass is 358 g/mol. The summed E-state index contributed by atoms with van der Waals surface area (Å²) in [6.45, 7) is 5.22. The molecule has 2 aromatic rings. The van der Waals surface area contributed by atoms with E-state index in [9.17, 15) is 4.79 Å². The highest BCUT2D eigenvalue weighted by Gasteiger charge is 2.24. The summed E-state index contributed by atoms with van der Waals surface area (Å²) in [5, 5.41) is 0. The van der Waals surface area contributed by atoms with Crippen molar-refractivity contribution in [1.82, 2.24) is 14.5 Å². The molecule has 0 aliphatic heterocycles. The van der Waals surface area contributed by atoms with Crippen LogP contribution in [0.15, 0.2) is 42.9 Å². The van der Waals surface area contributed by atoms with Crippen molar-refractivity contribution in [3.8, 4) is 5.69 Å². The van der Waals surface area contributed by atoms with E-state index in [1.54, 1.807) is 29.0 Å². The highest BCUT2D eigenvalue weighted by molar-refractivity contribution is 5.92. The smallest absolute Gasteiger partial charge is 0.272 e. The molecule has 0 bridgehead atoms. The largest absolute Gasteiger partial charge is 0.340 e. The lowest BCUT2D eigenvalue weighted by atomic mass is 9.93. The number of nitrogens with zero attached hydrogens (tertiary/aromatic N) is 3. The maximum atomic E-state index is 12.6. The minimum atomic E-state index is -0.109. The molecule has 1 heterocycles. The van der Waals surface area contributed by atoms with Crippen LogP contribution in [0.3, 0.4) is 0 Å². The fourth-order valence-corrected chi connectivity index (χ4v) is 2.22. The molecule has 0 saturated heterocycles. The predicted octanol–water partition coefficient (Wildman–Crippen LogP) is 2.77. The second kappa shape index (κ2) is 8.91. The summed E-state index contributed by atoms with van der Waals surface area (Å²) < 4.78 is 1.80. The van der Waals surface area contributed by atoms with Crippen molar-refractivity contribution in [2.75, 3.05) is 20.1 Å². The van der Waals surface area contributed by atoms with E-state index < -0.39 is 0 Å². The second-order valence-corrected chi connectivity index (χ2v) is 6.01. The quantitative estimate of drug-likeness (QED) is 0.893. The van der Waals surface area contributed by atoms with Gasteiger partial charge < -0.3 is 10.6 Å². The Hall–Kier alpha value is -1.56. The minimum absolute atomic E-state index is 0. The van der Waals surface area contributed by atoms with E-state index in [-0.39, 0.29) is 36.1 Å². The number of amides is 1. The topological polar surface area (TPSA) is 64.2 Å². The van der Waals surface area contributed by atoms with Crippen LogP contribution in [-0.4, -0.2) is 40.5 Å². The molecule has 7 heteroatoms. The Morgan fingerprint density at radius 2 is 1.87 bits per heavy atom. The van der Waals surface area contributed by atoms with E-state index in [1.165, 1.54) is 0 Å². The predicted molar refractivity (Wildman–Crippen MR) is 97.9 cm³/mol. The maximum absolute atomic E-state index is 12.6. The number of para-hydroxylation sites is 1. The zero-order valence-electron chi connectivity index (χ0n) is 13.6. The number of halogens is 2. The van der Waals surface area contributed by atoms with Crippen LogP contribution < -0.4 is 5.73 Å². The molecule has 1 aromatic heterocycles. The van der Waals surface area contributed by atoms with Gasteiger partial charge in [-0.1, -0.05) is 32.0 Å². The number of carbonyl (C=O) groups is 1. The molecule has 0 fully saturated rings. The molecule has 1 aromatic carbocycles. The number of rotatable bonds is 5. The van der Waals surface area contributed by atoms with Gasteiger partial charge in [0.05, 0.1) is 12.5 Å². The van der Waals surface area contributed by atoms with Gasteiger partial charge in [-0.05, 0) is 24.1 Å². The molecule has 0 saturated carbocycles. The maximum Gasteiger partial charge on any atom is 0.272 e. The van der Waals surface area contributed by atoms with Crippen molar-refractivity contribution >= 4 is 30.7 Å². The van der Waals surface area contributed by atoms with Crippen LogP contribution in [0.25, 0.3) is 5.69 Å². The van der Waals surface area contributed by atoms with Gasteiger partial charge in [0.2, 0.25) is 0 Å². The summed E-state index contributed by atoms with van der Waals surface area (Å²) in [7, 11) is 1.79. The van der Waals surface area contributed by atoms with Crippen molar-refractivity contribution in [3.05, 3.63) is 48.5 Å². The first-order valence-electron chi connectivity index (χ1n) is 6.98. The Labute approximate surface area is 149 Å². The van der Waals surface area contributed by atoms with Crippen molar-refractivity contribution in [3.63, 3.8) is 0 Å². The zero-order chi connectivity index (χ0) is 15.5. The van der Waals surface area contributed by atoms with E-state index in [1.807, 2.05) is 44.2 Å². The lowest BCUT2D eigenvalue weighted by Gasteiger charge is -2.29. The molecule has 0 unspecified atom stereocenters. The molecular weight excluding hydrogens is 335 g/mol. The first-order valence-corrected chi connectivity index (χ1v) is 6.98. The van der Waals surface area contributed by atoms with Crippen LogP contribution in [0.2, 0.25) is 0 Å². The molecule has 0 atom stereocenters. The Kier molecular flexibility index (Phi) is 8.31. The second-order valence-electron chi connectivity index (χ2n) is 6.01. The van der Waals surface area contributed by atoms with Gasteiger partial charge in [0, 0.05) is 19.3 Å². The summed E-state index contributed by atoms with van der Waals surface area (Å²) in [6.07, 6.45) is 3.26. The zero-order valence-corrected chi connectivity index (χ0v) is 15.2.